The van der Waals surface area contributed by atoms with Gasteiger partial charge in [0.2, 0.25) is 0 Å². The lowest BCUT2D eigenvalue weighted by molar-refractivity contribution is -0.192. The Kier molecular flexibility index (Phi) is 7.23. The summed E-state index contributed by atoms with van der Waals surface area (Å²) in [5, 5.41) is 9.69. The standard InChI is InChI=1S/C10H22O3/c1-5-12-10(13-6-2)9(11)7-8(3)4/h8-11H,5-7H2,1-4H3. The molecule has 13 heavy (non-hydrogen) atoms. The summed E-state index contributed by atoms with van der Waals surface area (Å²) < 4.78 is 10.5. The third-order valence-corrected chi connectivity index (χ3v) is 1.69. The predicted octanol–water partition coefficient (Wildman–Crippen LogP) is 1.79. The second-order valence-corrected chi connectivity index (χ2v) is 3.48. The highest BCUT2D eigenvalue weighted by Gasteiger charge is 2.20. The van der Waals surface area contributed by atoms with Crippen molar-refractivity contribution in [3.63, 3.8) is 0 Å². The fourth-order valence-electron chi connectivity index (χ4n) is 1.19. The van der Waals surface area contributed by atoms with Gasteiger partial charge in [-0.1, -0.05) is 13.8 Å². The van der Waals surface area contributed by atoms with Crippen molar-refractivity contribution in [2.75, 3.05) is 13.2 Å². The van der Waals surface area contributed by atoms with E-state index in [1.165, 1.54) is 0 Å². The van der Waals surface area contributed by atoms with Gasteiger partial charge in [-0.25, -0.2) is 0 Å². The van der Waals surface area contributed by atoms with Crippen LogP contribution in [0.2, 0.25) is 0 Å². The van der Waals surface area contributed by atoms with Gasteiger partial charge in [0.1, 0.15) is 6.10 Å². The molecule has 0 saturated carbocycles. The highest BCUT2D eigenvalue weighted by atomic mass is 16.7. The monoisotopic (exact) mass is 190 g/mol. The van der Waals surface area contributed by atoms with E-state index in [0.29, 0.717) is 25.6 Å². The van der Waals surface area contributed by atoms with Crippen LogP contribution in [0.5, 0.6) is 0 Å². The Hall–Kier alpha value is -0.120. The molecule has 0 aromatic heterocycles. The van der Waals surface area contributed by atoms with E-state index >= 15 is 0 Å². The molecule has 0 bridgehead atoms. The van der Waals surface area contributed by atoms with Crippen molar-refractivity contribution in [3.8, 4) is 0 Å². The molecule has 0 aromatic carbocycles. The van der Waals surface area contributed by atoms with E-state index in [9.17, 15) is 5.11 Å². The van der Waals surface area contributed by atoms with Crippen LogP contribution in [0.1, 0.15) is 34.1 Å². The van der Waals surface area contributed by atoms with Gasteiger partial charge in [0.25, 0.3) is 0 Å². The summed E-state index contributed by atoms with van der Waals surface area (Å²) >= 11 is 0. The topological polar surface area (TPSA) is 38.7 Å². The summed E-state index contributed by atoms with van der Waals surface area (Å²) in [5.41, 5.74) is 0. The van der Waals surface area contributed by atoms with Crippen molar-refractivity contribution in [2.24, 2.45) is 5.92 Å². The molecule has 0 radical (unpaired) electrons. The van der Waals surface area contributed by atoms with E-state index in [4.69, 9.17) is 9.47 Å². The average molecular weight is 190 g/mol. The molecule has 0 aromatic rings. The van der Waals surface area contributed by atoms with Gasteiger partial charge < -0.3 is 14.6 Å². The maximum absolute atomic E-state index is 9.69. The number of hydrogen-bond donors (Lipinski definition) is 1. The first-order valence-electron chi connectivity index (χ1n) is 5.03. The molecular formula is C10H22O3. The maximum atomic E-state index is 9.69. The summed E-state index contributed by atoms with van der Waals surface area (Å²) in [4.78, 5) is 0. The third-order valence-electron chi connectivity index (χ3n) is 1.69. The maximum Gasteiger partial charge on any atom is 0.183 e. The van der Waals surface area contributed by atoms with Crippen molar-refractivity contribution in [3.05, 3.63) is 0 Å². The molecule has 0 aliphatic heterocycles. The minimum absolute atomic E-state index is 0.457. The molecule has 0 rings (SSSR count). The molecule has 0 aliphatic rings. The molecule has 0 spiro atoms. The van der Waals surface area contributed by atoms with Gasteiger partial charge in [-0.2, -0.15) is 0 Å². The molecule has 1 atom stereocenters. The molecule has 1 unspecified atom stereocenters. The van der Waals surface area contributed by atoms with Crippen molar-refractivity contribution >= 4 is 0 Å². The second kappa shape index (κ2) is 7.30. The lowest BCUT2D eigenvalue weighted by atomic mass is 10.1. The fraction of sp³-hybridized carbons (Fsp3) is 1.00. The van der Waals surface area contributed by atoms with Crippen molar-refractivity contribution in [2.45, 2.75) is 46.5 Å². The smallest absolute Gasteiger partial charge is 0.183 e. The summed E-state index contributed by atoms with van der Waals surface area (Å²) in [7, 11) is 0. The van der Waals surface area contributed by atoms with E-state index in [1.54, 1.807) is 0 Å². The summed E-state index contributed by atoms with van der Waals surface area (Å²) in [6.07, 6.45) is -0.262. The zero-order valence-electron chi connectivity index (χ0n) is 9.12. The Labute approximate surface area is 81.0 Å². The molecular weight excluding hydrogens is 168 g/mol. The lowest BCUT2D eigenvalue weighted by Gasteiger charge is -2.23. The molecule has 0 aliphatic carbocycles. The zero-order valence-corrected chi connectivity index (χ0v) is 9.12. The largest absolute Gasteiger partial charge is 0.388 e. The van der Waals surface area contributed by atoms with E-state index in [1.807, 2.05) is 13.8 Å². The van der Waals surface area contributed by atoms with Gasteiger partial charge in [0.15, 0.2) is 6.29 Å². The van der Waals surface area contributed by atoms with Crippen LogP contribution in [-0.2, 0) is 9.47 Å². The summed E-state index contributed by atoms with van der Waals surface area (Å²) in [6, 6.07) is 0. The van der Waals surface area contributed by atoms with Crippen molar-refractivity contribution in [1.82, 2.24) is 0 Å². The fourth-order valence-corrected chi connectivity index (χ4v) is 1.19. The highest BCUT2D eigenvalue weighted by Crippen LogP contribution is 2.11. The molecule has 0 saturated heterocycles. The second-order valence-electron chi connectivity index (χ2n) is 3.48. The first kappa shape index (κ1) is 12.9. The van der Waals surface area contributed by atoms with Crippen molar-refractivity contribution in [1.29, 1.82) is 0 Å². The SMILES string of the molecule is CCOC(OCC)C(O)CC(C)C. The molecule has 3 nitrogen and oxygen atoms in total. The molecule has 80 valence electrons. The first-order valence-corrected chi connectivity index (χ1v) is 5.03. The number of rotatable bonds is 7. The molecule has 0 heterocycles. The Morgan fingerprint density at radius 2 is 1.54 bits per heavy atom. The quantitative estimate of drug-likeness (QED) is 0.622. The zero-order chi connectivity index (χ0) is 10.3. The minimum Gasteiger partial charge on any atom is -0.388 e. The van der Waals surface area contributed by atoms with Crippen LogP contribution >= 0.6 is 0 Å². The van der Waals surface area contributed by atoms with Gasteiger partial charge in [-0.3, -0.25) is 0 Å². The van der Waals surface area contributed by atoms with Crippen LogP contribution < -0.4 is 0 Å². The molecule has 0 fully saturated rings. The van der Waals surface area contributed by atoms with Crippen LogP contribution in [0.3, 0.4) is 0 Å². The number of hydrogen-bond acceptors (Lipinski definition) is 3. The Morgan fingerprint density at radius 1 is 1.08 bits per heavy atom. The van der Waals surface area contributed by atoms with Crippen molar-refractivity contribution < 1.29 is 14.6 Å². The van der Waals surface area contributed by atoms with Gasteiger partial charge in [0.05, 0.1) is 0 Å². The normalized spacial score (nSPS) is 14.1. The van der Waals surface area contributed by atoms with Gasteiger partial charge >= 0.3 is 0 Å². The number of ether oxygens (including phenoxy) is 2. The predicted molar refractivity (Wildman–Crippen MR) is 52.5 cm³/mol. The van der Waals surface area contributed by atoms with Crippen LogP contribution in [0.4, 0.5) is 0 Å². The van der Waals surface area contributed by atoms with Gasteiger partial charge in [-0.15, -0.1) is 0 Å². The van der Waals surface area contributed by atoms with Crippen LogP contribution in [0.15, 0.2) is 0 Å². The Balaban J connectivity index is 3.86. The highest BCUT2D eigenvalue weighted by molar-refractivity contribution is 4.62. The molecule has 0 amide bonds. The summed E-state index contributed by atoms with van der Waals surface area (Å²) in [6.45, 7) is 9.07. The molecule has 3 heteroatoms. The minimum atomic E-state index is -0.514. The van der Waals surface area contributed by atoms with Crippen LogP contribution in [0, 0.1) is 5.92 Å². The van der Waals surface area contributed by atoms with Gasteiger partial charge in [-0.05, 0) is 26.2 Å². The first-order chi connectivity index (χ1) is 6.11. The number of aliphatic hydroxyl groups is 1. The van der Waals surface area contributed by atoms with E-state index in [2.05, 4.69) is 13.8 Å². The average Bonchev–Trinajstić information content (AvgIpc) is 2.02. The molecule has 1 N–H and O–H groups in total. The van der Waals surface area contributed by atoms with Gasteiger partial charge in [0, 0.05) is 13.2 Å². The van der Waals surface area contributed by atoms with Crippen LogP contribution in [0.25, 0.3) is 0 Å². The van der Waals surface area contributed by atoms with E-state index < -0.39 is 12.4 Å². The van der Waals surface area contributed by atoms with Crippen LogP contribution in [-0.4, -0.2) is 30.7 Å². The summed E-state index contributed by atoms with van der Waals surface area (Å²) in [5.74, 6) is 0.457. The lowest BCUT2D eigenvalue weighted by Crippen LogP contribution is -2.33. The third kappa shape index (κ3) is 6.02. The Bertz CT molecular complexity index is 109. The number of aliphatic hydroxyl groups excluding tert-OH is 1. The van der Waals surface area contributed by atoms with E-state index in [-0.39, 0.29) is 0 Å². The Morgan fingerprint density at radius 3 is 1.85 bits per heavy atom. The van der Waals surface area contributed by atoms with E-state index in [0.717, 1.165) is 0 Å².